The van der Waals surface area contributed by atoms with Crippen LogP contribution in [0, 0.1) is 5.41 Å². The van der Waals surface area contributed by atoms with Crippen LogP contribution in [0.3, 0.4) is 0 Å². The molecule has 0 saturated heterocycles. The van der Waals surface area contributed by atoms with E-state index in [0.29, 0.717) is 13.2 Å². The Morgan fingerprint density at radius 3 is 2.53 bits per heavy atom. The van der Waals surface area contributed by atoms with E-state index < -0.39 is 6.10 Å². The van der Waals surface area contributed by atoms with Gasteiger partial charge in [-0.05, 0) is 29.5 Å². The second kappa shape index (κ2) is 4.57. The van der Waals surface area contributed by atoms with E-state index in [1.807, 2.05) is 18.2 Å². The molecule has 2 rings (SSSR count). The van der Waals surface area contributed by atoms with Crippen LogP contribution in [0.4, 0.5) is 0 Å². The molecule has 0 aliphatic carbocycles. The van der Waals surface area contributed by atoms with Gasteiger partial charge in [0.15, 0.2) is 11.5 Å². The Balaban J connectivity index is 2.28. The molecule has 1 aliphatic heterocycles. The summed E-state index contributed by atoms with van der Waals surface area (Å²) in [6, 6.07) is 5.67. The molecule has 1 heterocycles. The number of ether oxygens (including phenoxy) is 2. The molecule has 3 nitrogen and oxygen atoms in total. The van der Waals surface area contributed by atoms with Gasteiger partial charge in [0.25, 0.3) is 0 Å². The molecule has 1 unspecified atom stereocenters. The van der Waals surface area contributed by atoms with Crippen molar-refractivity contribution in [1.29, 1.82) is 0 Å². The summed E-state index contributed by atoms with van der Waals surface area (Å²) in [5.41, 5.74) is 0.755. The normalized spacial score (nSPS) is 16.7. The van der Waals surface area contributed by atoms with Crippen LogP contribution < -0.4 is 9.47 Å². The molecule has 1 N–H and O–H groups in total. The van der Waals surface area contributed by atoms with Gasteiger partial charge in [0, 0.05) is 0 Å². The largest absolute Gasteiger partial charge is 0.486 e. The summed E-state index contributed by atoms with van der Waals surface area (Å²) in [6.45, 7) is 7.38. The average Bonchev–Trinajstić information content (AvgIpc) is 2.37. The molecule has 0 amide bonds. The quantitative estimate of drug-likeness (QED) is 0.877. The molecule has 1 atom stereocenters. The molecule has 0 radical (unpaired) electrons. The molecule has 1 aromatic carbocycles. The molecule has 1 aromatic rings. The van der Waals surface area contributed by atoms with Crippen molar-refractivity contribution in [2.45, 2.75) is 33.3 Å². The van der Waals surface area contributed by atoms with Crippen molar-refractivity contribution >= 4 is 0 Å². The number of hydrogen-bond acceptors (Lipinski definition) is 3. The predicted octanol–water partition coefficient (Wildman–Crippen LogP) is 2.93. The molecule has 94 valence electrons. The van der Waals surface area contributed by atoms with Crippen molar-refractivity contribution in [2.75, 3.05) is 13.2 Å². The molecule has 17 heavy (non-hydrogen) atoms. The molecule has 1 aliphatic rings. The summed E-state index contributed by atoms with van der Waals surface area (Å²) in [7, 11) is 0. The standard InChI is InChI=1S/C14H20O3/c1-4-14(2,3)13(15)10-5-6-11-12(9-10)17-8-7-16-11/h5-6,9,13,15H,4,7-8H2,1-3H3. The lowest BCUT2D eigenvalue weighted by molar-refractivity contribution is 0.0460. The minimum absolute atomic E-state index is 0.135. The molecular formula is C14H20O3. The third-order valence-electron chi connectivity index (χ3n) is 3.53. The molecule has 0 spiro atoms. The monoisotopic (exact) mass is 236 g/mol. The lowest BCUT2D eigenvalue weighted by Gasteiger charge is -2.30. The highest BCUT2D eigenvalue weighted by Gasteiger charge is 2.28. The van der Waals surface area contributed by atoms with Crippen LogP contribution in [0.1, 0.15) is 38.9 Å². The van der Waals surface area contributed by atoms with Crippen molar-refractivity contribution in [3.63, 3.8) is 0 Å². The van der Waals surface area contributed by atoms with Gasteiger partial charge in [0.05, 0.1) is 6.10 Å². The minimum atomic E-state index is -0.483. The second-order valence-electron chi connectivity index (χ2n) is 5.15. The number of fused-ring (bicyclic) bond motifs is 1. The first kappa shape index (κ1) is 12.2. The maximum absolute atomic E-state index is 10.4. The summed E-state index contributed by atoms with van der Waals surface area (Å²) in [4.78, 5) is 0. The highest BCUT2D eigenvalue weighted by Crippen LogP contribution is 2.39. The van der Waals surface area contributed by atoms with Gasteiger partial charge in [-0.1, -0.05) is 26.8 Å². The highest BCUT2D eigenvalue weighted by atomic mass is 16.6. The maximum atomic E-state index is 10.4. The number of aliphatic hydroxyl groups excluding tert-OH is 1. The molecule has 3 heteroatoms. The van der Waals surface area contributed by atoms with Crippen LogP contribution in [0.2, 0.25) is 0 Å². The van der Waals surface area contributed by atoms with Crippen LogP contribution >= 0.6 is 0 Å². The zero-order valence-electron chi connectivity index (χ0n) is 10.7. The van der Waals surface area contributed by atoms with E-state index in [-0.39, 0.29) is 5.41 Å². The van der Waals surface area contributed by atoms with Crippen molar-refractivity contribution in [2.24, 2.45) is 5.41 Å². The summed E-state index contributed by atoms with van der Waals surface area (Å²) in [5.74, 6) is 1.50. The van der Waals surface area contributed by atoms with E-state index in [1.54, 1.807) is 0 Å². The van der Waals surface area contributed by atoms with Crippen LogP contribution in [0.15, 0.2) is 18.2 Å². The summed E-state index contributed by atoms with van der Waals surface area (Å²) in [5, 5.41) is 10.4. The van der Waals surface area contributed by atoms with E-state index in [1.165, 1.54) is 0 Å². The third-order valence-corrected chi connectivity index (χ3v) is 3.53. The summed E-state index contributed by atoms with van der Waals surface area (Å²) in [6.07, 6.45) is 0.436. The van der Waals surface area contributed by atoms with Gasteiger partial charge in [-0.25, -0.2) is 0 Å². The minimum Gasteiger partial charge on any atom is -0.486 e. The van der Waals surface area contributed by atoms with Crippen molar-refractivity contribution in [3.8, 4) is 11.5 Å². The Morgan fingerprint density at radius 2 is 1.88 bits per heavy atom. The fourth-order valence-electron chi connectivity index (χ4n) is 1.87. The third kappa shape index (κ3) is 2.39. The maximum Gasteiger partial charge on any atom is 0.161 e. The number of hydrogen-bond donors (Lipinski definition) is 1. The van der Waals surface area contributed by atoms with Gasteiger partial charge in [0.1, 0.15) is 13.2 Å². The van der Waals surface area contributed by atoms with Crippen LogP contribution in [0.25, 0.3) is 0 Å². The van der Waals surface area contributed by atoms with Gasteiger partial charge >= 0.3 is 0 Å². The molecular weight excluding hydrogens is 216 g/mol. The summed E-state index contributed by atoms with van der Waals surface area (Å²) >= 11 is 0. The van der Waals surface area contributed by atoms with Crippen LogP contribution in [-0.4, -0.2) is 18.3 Å². The number of aliphatic hydroxyl groups is 1. The Hall–Kier alpha value is -1.22. The van der Waals surface area contributed by atoms with E-state index in [9.17, 15) is 5.11 Å². The van der Waals surface area contributed by atoms with Gasteiger partial charge < -0.3 is 14.6 Å². The highest BCUT2D eigenvalue weighted by molar-refractivity contribution is 5.44. The Labute approximate surface area is 102 Å². The van der Waals surface area contributed by atoms with Crippen molar-refractivity contribution in [3.05, 3.63) is 23.8 Å². The first-order valence-electron chi connectivity index (χ1n) is 6.12. The fraction of sp³-hybridized carbons (Fsp3) is 0.571. The predicted molar refractivity (Wildman–Crippen MR) is 66.5 cm³/mol. The lowest BCUT2D eigenvalue weighted by atomic mass is 9.80. The SMILES string of the molecule is CCC(C)(C)C(O)c1ccc2c(c1)OCCO2. The Kier molecular flexibility index (Phi) is 3.29. The Bertz CT molecular complexity index is 398. The zero-order valence-corrected chi connectivity index (χ0v) is 10.7. The van der Waals surface area contributed by atoms with Gasteiger partial charge in [0.2, 0.25) is 0 Å². The second-order valence-corrected chi connectivity index (χ2v) is 5.15. The molecule has 0 bridgehead atoms. The van der Waals surface area contributed by atoms with Gasteiger partial charge in [-0.3, -0.25) is 0 Å². The molecule has 0 fully saturated rings. The van der Waals surface area contributed by atoms with Crippen molar-refractivity contribution < 1.29 is 14.6 Å². The number of benzene rings is 1. The molecule has 0 saturated carbocycles. The van der Waals surface area contributed by atoms with E-state index >= 15 is 0 Å². The van der Waals surface area contributed by atoms with E-state index in [2.05, 4.69) is 20.8 Å². The number of rotatable bonds is 3. The van der Waals surface area contributed by atoms with E-state index in [0.717, 1.165) is 23.5 Å². The first-order valence-corrected chi connectivity index (χ1v) is 6.12. The van der Waals surface area contributed by atoms with Gasteiger partial charge in [-0.2, -0.15) is 0 Å². The Morgan fingerprint density at radius 1 is 1.24 bits per heavy atom. The first-order chi connectivity index (χ1) is 8.04. The fourth-order valence-corrected chi connectivity index (χ4v) is 1.87. The summed E-state index contributed by atoms with van der Waals surface area (Å²) < 4.78 is 11.0. The zero-order chi connectivity index (χ0) is 12.5. The smallest absolute Gasteiger partial charge is 0.161 e. The van der Waals surface area contributed by atoms with Crippen molar-refractivity contribution in [1.82, 2.24) is 0 Å². The molecule has 0 aromatic heterocycles. The average molecular weight is 236 g/mol. The topological polar surface area (TPSA) is 38.7 Å². The van der Waals surface area contributed by atoms with Crippen LogP contribution in [0.5, 0.6) is 11.5 Å². The van der Waals surface area contributed by atoms with E-state index in [4.69, 9.17) is 9.47 Å². The van der Waals surface area contributed by atoms with Gasteiger partial charge in [-0.15, -0.1) is 0 Å². The van der Waals surface area contributed by atoms with Crippen LogP contribution in [-0.2, 0) is 0 Å². The lowest BCUT2D eigenvalue weighted by Crippen LogP contribution is -2.21.